The third-order valence-electron chi connectivity index (χ3n) is 6.23. The molecule has 0 saturated carbocycles. The van der Waals surface area contributed by atoms with E-state index in [1.165, 1.54) is 17.7 Å². The van der Waals surface area contributed by atoms with Gasteiger partial charge in [0.1, 0.15) is 11.9 Å². The summed E-state index contributed by atoms with van der Waals surface area (Å²) in [5.41, 5.74) is 4.82. The number of rotatable bonds is 8. The molecule has 174 valence electrons. The molecule has 0 unspecified atom stereocenters. The Morgan fingerprint density at radius 3 is 2.11 bits per heavy atom. The summed E-state index contributed by atoms with van der Waals surface area (Å²) in [6, 6.07) is 33.4. The van der Waals surface area contributed by atoms with Crippen LogP contribution in [0.3, 0.4) is 0 Å². The third-order valence-corrected chi connectivity index (χ3v) is 6.23. The molecular formula is C30H26FN3O. The summed E-state index contributed by atoms with van der Waals surface area (Å²) in [6.45, 7) is 0.544. The van der Waals surface area contributed by atoms with Crippen molar-refractivity contribution in [3.63, 3.8) is 0 Å². The van der Waals surface area contributed by atoms with E-state index in [2.05, 4.69) is 46.1 Å². The van der Waals surface area contributed by atoms with Gasteiger partial charge in [-0.15, -0.1) is 0 Å². The lowest BCUT2D eigenvalue weighted by Crippen LogP contribution is -2.35. The number of nitrogens with one attached hydrogen (secondary N) is 3. The van der Waals surface area contributed by atoms with Crippen LogP contribution in [-0.2, 0) is 4.79 Å². The molecule has 35 heavy (non-hydrogen) atoms. The molecule has 3 N–H and O–H groups in total. The van der Waals surface area contributed by atoms with Gasteiger partial charge in [0.25, 0.3) is 0 Å². The van der Waals surface area contributed by atoms with E-state index < -0.39 is 6.04 Å². The van der Waals surface area contributed by atoms with Crippen molar-refractivity contribution in [1.29, 1.82) is 0 Å². The summed E-state index contributed by atoms with van der Waals surface area (Å²) in [5.74, 6) is -0.518. The second kappa shape index (κ2) is 10.4. The average molecular weight is 464 g/mol. The lowest BCUT2D eigenvalue weighted by Gasteiger charge is -2.24. The van der Waals surface area contributed by atoms with E-state index in [-0.39, 0.29) is 17.6 Å². The molecule has 1 aromatic heterocycles. The van der Waals surface area contributed by atoms with E-state index in [0.29, 0.717) is 12.2 Å². The number of anilines is 1. The number of fused-ring (bicyclic) bond motifs is 1. The van der Waals surface area contributed by atoms with Crippen LogP contribution in [0.15, 0.2) is 115 Å². The molecule has 0 radical (unpaired) electrons. The first kappa shape index (κ1) is 22.6. The monoisotopic (exact) mass is 463 g/mol. The van der Waals surface area contributed by atoms with Crippen molar-refractivity contribution in [3.05, 3.63) is 138 Å². The SMILES string of the molecule is O=C(Nc1ccc(F)cc1)[C@@H](NC[C@@H](c1ccccc1)c1c[nH]c2ccccc12)c1ccccc1. The Kier molecular flexibility index (Phi) is 6.68. The molecule has 5 rings (SSSR count). The Bertz CT molecular complexity index is 1400. The number of carbonyl (C=O) groups is 1. The second-order valence-electron chi connectivity index (χ2n) is 8.50. The summed E-state index contributed by atoms with van der Waals surface area (Å²) >= 11 is 0. The fourth-order valence-electron chi connectivity index (χ4n) is 4.47. The number of halogens is 1. The predicted octanol–water partition coefficient (Wildman–Crippen LogP) is 6.41. The van der Waals surface area contributed by atoms with Gasteiger partial charge in [0.2, 0.25) is 5.91 Å². The van der Waals surface area contributed by atoms with Crippen LogP contribution in [0.2, 0.25) is 0 Å². The normalized spacial score (nSPS) is 12.8. The molecule has 0 spiro atoms. The first-order valence-corrected chi connectivity index (χ1v) is 11.6. The fourth-order valence-corrected chi connectivity index (χ4v) is 4.47. The van der Waals surface area contributed by atoms with Gasteiger partial charge in [-0.3, -0.25) is 4.79 Å². The van der Waals surface area contributed by atoms with Gasteiger partial charge in [-0.05, 0) is 47.0 Å². The molecule has 0 saturated heterocycles. The molecular weight excluding hydrogens is 437 g/mol. The second-order valence-corrected chi connectivity index (χ2v) is 8.50. The third kappa shape index (κ3) is 5.15. The predicted molar refractivity (Wildman–Crippen MR) is 139 cm³/mol. The van der Waals surface area contributed by atoms with Gasteiger partial charge in [0.15, 0.2) is 0 Å². The van der Waals surface area contributed by atoms with Crippen molar-refractivity contribution >= 4 is 22.5 Å². The highest BCUT2D eigenvalue weighted by molar-refractivity contribution is 5.95. The van der Waals surface area contributed by atoms with E-state index >= 15 is 0 Å². The molecule has 0 fully saturated rings. The summed E-state index contributed by atoms with van der Waals surface area (Å²) < 4.78 is 13.3. The molecule has 0 bridgehead atoms. The molecule has 4 nitrogen and oxygen atoms in total. The van der Waals surface area contributed by atoms with Crippen molar-refractivity contribution in [2.45, 2.75) is 12.0 Å². The largest absolute Gasteiger partial charge is 0.361 e. The van der Waals surface area contributed by atoms with Crippen LogP contribution in [0.4, 0.5) is 10.1 Å². The molecule has 1 amide bonds. The average Bonchev–Trinajstić information content (AvgIpc) is 3.33. The molecule has 4 aromatic carbocycles. The van der Waals surface area contributed by atoms with Crippen molar-refractivity contribution in [2.24, 2.45) is 0 Å². The van der Waals surface area contributed by atoms with E-state index in [1.54, 1.807) is 12.1 Å². The quantitative estimate of drug-likeness (QED) is 0.249. The smallest absolute Gasteiger partial charge is 0.246 e. The first-order chi connectivity index (χ1) is 17.2. The maximum absolute atomic E-state index is 13.4. The molecule has 2 atom stereocenters. The number of amides is 1. The van der Waals surface area contributed by atoms with E-state index in [4.69, 9.17) is 0 Å². The van der Waals surface area contributed by atoms with Gasteiger partial charge in [-0.1, -0.05) is 78.9 Å². The molecule has 0 aliphatic heterocycles. The Morgan fingerprint density at radius 1 is 0.771 bits per heavy atom. The Morgan fingerprint density at radius 2 is 1.40 bits per heavy atom. The van der Waals surface area contributed by atoms with Gasteiger partial charge < -0.3 is 15.6 Å². The molecule has 0 aliphatic carbocycles. The Labute approximate surface area is 203 Å². The summed E-state index contributed by atoms with van der Waals surface area (Å²) in [5, 5.41) is 7.60. The highest BCUT2D eigenvalue weighted by Crippen LogP contribution is 2.31. The number of hydrogen-bond acceptors (Lipinski definition) is 2. The fraction of sp³-hybridized carbons (Fsp3) is 0.100. The summed E-state index contributed by atoms with van der Waals surface area (Å²) in [4.78, 5) is 16.8. The number of benzene rings is 4. The van der Waals surface area contributed by atoms with Crippen LogP contribution in [0.5, 0.6) is 0 Å². The van der Waals surface area contributed by atoms with Gasteiger partial charge in [0, 0.05) is 35.2 Å². The number of H-pyrrole nitrogens is 1. The maximum atomic E-state index is 13.4. The zero-order valence-corrected chi connectivity index (χ0v) is 19.1. The minimum Gasteiger partial charge on any atom is -0.361 e. The van der Waals surface area contributed by atoms with Crippen LogP contribution in [0.1, 0.15) is 28.7 Å². The molecule has 5 aromatic rings. The van der Waals surface area contributed by atoms with Gasteiger partial charge >= 0.3 is 0 Å². The summed E-state index contributed by atoms with van der Waals surface area (Å²) in [7, 11) is 0. The molecule has 0 aliphatic rings. The summed E-state index contributed by atoms with van der Waals surface area (Å²) in [6.07, 6.45) is 2.06. The first-order valence-electron chi connectivity index (χ1n) is 11.6. The zero-order valence-electron chi connectivity index (χ0n) is 19.1. The standard InChI is InChI=1S/C30H26FN3O/c31-23-15-17-24(18-16-23)34-30(35)29(22-11-5-2-6-12-22)33-19-26(21-9-3-1-4-10-21)27-20-32-28-14-8-7-13-25(27)28/h1-18,20,26,29,32-33H,19H2,(H,34,35)/t26-,29-/m0/s1. The number of aromatic nitrogens is 1. The number of carbonyl (C=O) groups excluding carboxylic acids is 1. The molecule has 5 heteroatoms. The van der Waals surface area contributed by atoms with Crippen molar-refractivity contribution < 1.29 is 9.18 Å². The van der Waals surface area contributed by atoms with Crippen LogP contribution in [0, 0.1) is 5.82 Å². The number of hydrogen-bond donors (Lipinski definition) is 3. The maximum Gasteiger partial charge on any atom is 0.246 e. The lowest BCUT2D eigenvalue weighted by atomic mass is 9.90. The lowest BCUT2D eigenvalue weighted by molar-refractivity contribution is -0.118. The van der Waals surface area contributed by atoms with Crippen LogP contribution in [0.25, 0.3) is 10.9 Å². The topological polar surface area (TPSA) is 56.9 Å². The molecule has 1 heterocycles. The minimum absolute atomic E-state index is 0.0252. The van der Waals surface area contributed by atoms with Crippen LogP contribution < -0.4 is 10.6 Å². The van der Waals surface area contributed by atoms with Crippen molar-refractivity contribution in [2.75, 3.05) is 11.9 Å². The Balaban J connectivity index is 1.45. The van der Waals surface area contributed by atoms with E-state index in [9.17, 15) is 9.18 Å². The highest BCUT2D eigenvalue weighted by Gasteiger charge is 2.24. The number of aromatic amines is 1. The minimum atomic E-state index is -0.585. The zero-order chi connectivity index (χ0) is 24.0. The highest BCUT2D eigenvalue weighted by atomic mass is 19.1. The Hall–Kier alpha value is -4.22. The van der Waals surface area contributed by atoms with Crippen molar-refractivity contribution in [1.82, 2.24) is 10.3 Å². The van der Waals surface area contributed by atoms with Gasteiger partial charge in [0.05, 0.1) is 0 Å². The van der Waals surface area contributed by atoms with Crippen LogP contribution >= 0.6 is 0 Å². The van der Waals surface area contributed by atoms with Gasteiger partial charge in [-0.2, -0.15) is 0 Å². The van der Waals surface area contributed by atoms with E-state index in [1.807, 2.05) is 60.7 Å². The van der Waals surface area contributed by atoms with Crippen LogP contribution in [-0.4, -0.2) is 17.4 Å². The van der Waals surface area contributed by atoms with Crippen molar-refractivity contribution in [3.8, 4) is 0 Å². The van der Waals surface area contributed by atoms with E-state index in [0.717, 1.165) is 22.0 Å². The number of para-hydroxylation sites is 1. The van der Waals surface area contributed by atoms with Gasteiger partial charge in [-0.25, -0.2) is 4.39 Å².